The Labute approximate surface area is 124 Å². The first-order valence-corrected chi connectivity index (χ1v) is 7.24. The summed E-state index contributed by atoms with van der Waals surface area (Å²) in [6.45, 7) is 0.585. The lowest BCUT2D eigenvalue weighted by Gasteiger charge is -2.17. The van der Waals surface area contributed by atoms with Crippen LogP contribution < -0.4 is 5.32 Å². The summed E-state index contributed by atoms with van der Waals surface area (Å²) in [6.07, 6.45) is 4.10. The Hall–Kier alpha value is -2.36. The van der Waals surface area contributed by atoms with Crippen molar-refractivity contribution in [2.45, 2.75) is 25.4 Å². The van der Waals surface area contributed by atoms with Gasteiger partial charge in [-0.25, -0.2) is 0 Å². The van der Waals surface area contributed by atoms with Gasteiger partial charge in [-0.2, -0.15) is 0 Å². The minimum atomic E-state index is -0.0571. The Balaban J connectivity index is 1.68. The van der Waals surface area contributed by atoms with Crippen LogP contribution in [0.15, 0.2) is 48.7 Å². The number of nitrogens with zero attached hydrogens (tertiary/aromatic N) is 2. The number of nitrogens with one attached hydrogen (secondary N) is 1. The summed E-state index contributed by atoms with van der Waals surface area (Å²) in [6, 6.07) is 14.3. The second-order valence-corrected chi connectivity index (χ2v) is 5.50. The molecule has 0 atom stereocenters. The summed E-state index contributed by atoms with van der Waals surface area (Å²) in [5.41, 5.74) is 2.57. The molecule has 1 fully saturated rings. The van der Waals surface area contributed by atoms with E-state index in [1.54, 1.807) is 18.1 Å². The largest absolute Gasteiger partial charge is 0.382 e. The van der Waals surface area contributed by atoms with Gasteiger partial charge in [-0.3, -0.25) is 9.78 Å². The lowest BCUT2D eigenvalue weighted by Crippen LogP contribution is -2.27. The number of carbonyl (C=O) groups excluding carboxylic acids is 1. The van der Waals surface area contributed by atoms with Crippen LogP contribution in [0, 0.1) is 0 Å². The average Bonchev–Trinajstić information content (AvgIpc) is 3.32. The van der Waals surface area contributed by atoms with E-state index < -0.39 is 0 Å². The van der Waals surface area contributed by atoms with E-state index in [2.05, 4.69) is 10.3 Å². The molecule has 0 bridgehead atoms. The summed E-state index contributed by atoms with van der Waals surface area (Å²) in [7, 11) is 1.80. The molecule has 1 heterocycles. The number of pyridine rings is 1. The molecule has 1 N–H and O–H groups in total. The number of aromatic nitrogens is 1. The van der Waals surface area contributed by atoms with Crippen molar-refractivity contribution in [1.29, 1.82) is 0 Å². The maximum absolute atomic E-state index is 12.4. The molecule has 21 heavy (non-hydrogen) atoms. The quantitative estimate of drug-likeness (QED) is 0.916. The van der Waals surface area contributed by atoms with Gasteiger partial charge >= 0.3 is 0 Å². The third-order valence-electron chi connectivity index (χ3n) is 3.54. The van der Waals surface area contributed by atoms with Crippen LogP contribution in [0.2, 0.25) is 0 Å². The van der Waals surface area contributed by atoms with E-state index in [9.17, 15) is 4.79 Å². The van der Waals surface area contributed by atoms with Gasteiger partial charge < -0.3 is 10.2 Å². The van der Waals surface area contributed by atoms with Gasteiger partial charge in [0.05, 0.1) is 0 Å². The second-order valence-electron chi connectivity index (χ2n) is 5.50. The molecule has 4 nitrogen and oxygen atoms in total. The molecule has 1 aromatic carbocycles. The fraction of sp³-hybridized carbons (Fsp3) is 0.294. The third-order valence-corrected chi connectivity index (χ3v) is 3.54. The van der Waals surface area contributed by atoms with Gasteiger partial charge in [0.1, 0.15) is 5.69 Å². The Morgan fingerprint density at radius 3 is 2.76 bits per heavy atom. The zero-order chi connectivity index (χ0) is 14.7. The summed E-state index contributed by atoms with van der Waals surface area (Å²) in [4.78, 5) is 18.3. The van der Waals surface area contributed by atoms with E-state index in [0.29, 0.717) is 18.3 Å². The van der Waals surface area contributed by atoms with Crippen molar-refractivity contribution in [2.75, 3.05) is 12.4 Å². The third kappa shape index (κ3) is 3.60. The zero-order valence-electron chi connectivity index (χ0n) is 12.1. The minimum absolute atomic E-state index is 0.0571. The molecule has 0 spiro atoms. The van der Waals surface area contributed by atoms with Crippen LogP contribution in [0.4, 0.5) is 5.69 Å². The first kappa shape index (κ1) is 13.6. The number of carbonyl (C=O) groups is 1. The van der Waals surface area contributed by atoms with E-state index in [1.165, 1.54) is 12.8 Å². The van der Waals surface area contributed by atoms with E-state index in [0.717, 1.165) is 11.3 Å². The lowest BCUT2D eigenvalue weighted by molar-refractivity contribution is 0.0779. The number of hydrogen-bond acceptors (Lipinski definition) is 3. The summed E-state index contributed by atoms with van der Waals surface area (Å²) < 4.78 is 0. The monoisotopic (exact) mass is 281 g/mol. The Morgan fingerprint density at radius 1 is 1.29 bits per heavy atom. The van der Waals surface area contributed by atoms with Gasteiger partial charge in [0.2, 0.25) is 0 Å². The molecule has 1 aromatic heterocycles. The highest BCUT2D eigenvalue weighted by molar-refractivity contribution is 5.92. The Kier molecular flexibility index (Phi) is 3.86. The number of rotatable bonds is 5. The van der Waals surface area contributed by atoms with Crippen LogP contribution in [0.5, 0.6) is 0 Å². The lowest BCUT2D eigenvalue weighted by atomic mass is 10.2. The maximum Gasteiger partial charge on any atom is 0.272 e. The van der Waals surface area contributed by atoms with Gasteiger partial charge in [0.25, 0.3) is 5.91 Å². The summed E-state index contributed by atoms with van der Waals surface area (Å²) in [5, 5.41) is 3.39. The predicted molar refractivity (Wildman–Crippen MR) is 83.1 cm³/mol. The molecule has 1 aliphatic rings. The maximum atomic E-state index is 12.4. The van der Waals surface area contributed by atoms with E-state index >= 15 is 0 Å². The normalized spacial score (nSPS) is 13.8. The minimum Gasteiger partial charge on any atom is -0.382 e. The van der Waals surface area contributed by atoms with Crippen LogP contribution >= 0.6 is 0 Å². The van der Waals surface area contributed by atoms with E-state index in [4.69, 9.17) is 0 Å². The zero-order valence-corrected chi connectivity index (χ0v) is 12.1. The average molecular weight is 281 g/mol. The topological polar surface area (TPSA) is 45.2 Å². The van der Waals surface area contributed by atoms with E-state index in [-0.39, 0.29) is 5.91 Å². The molecule has 4 heteroatoms. The molecule has 0 radical (unpaired) electrons. The van der Waals surface area contributed by atoms with Crippen LogP contribution in [-0.4, -0.2) is 28.9 Å². The van der Waals surface area contributed by atoms with Gasteiger partial charge in [-0.1, -0.05) is 30.3 Å². The molecule has 3 rings (SSSR count). The fourth-order valence-electron chi connectivity index (χ4n) is 2.23. The number of benzene rings is 1. The molecule has 0 unspecified atom stereocenters. The smallest absolute Gasteiger partial charge is 0.272 e. The van der Waals surface area contributed by atoms with E-state index in [1.807, 2.05) is 42.5 Å². The Bertz CT molecular complexity index is 623. The van der Waals surface area contributed by atoms with Crippen LogP contribution in [0.25, 0.3) is 0 Å². The highest BCUT2D eigenvalue weighted by Crippen LogP contribution is 2.24. The van der Waals surface area contributed by atoms with Crippen LogP contribution in [-0.2, 0) is 6.54 Å². The van der Waals surface area contributed by atoms with Gasteiger partial charge in [0.15, 0.2) is 0 Å². The number of anilines is 1. The van der Waals surface area contributed by atoms with Crippen LogP contribution in [0.3, 0.4) is 0 Å². The number of hydrogen-bond donors (Lipinski definition) is 1. The van der Waals surface area contributed by atoms with Gasteiger partial charge in [0, 0.05) is 31.5 Å². The van der Waals surface area contributed by atoms with Crippen molar-refractivity contribution >= 4 is 11.6 Å². The van der Waals surface area contributed by atoms with Crippen LogP contribution in [0.1, 0.15) is 28.9 Å². The Morgan fingerprint density at radius 2 is 2.05 bits per heavy atom. The molecule has 0 aliphatic heterocycles. The van der Waals surface area contributed by atoms with Crippen molar-refractivity contribution in [3.05, 3.63) is 59.9 Å². The van der Waals surface area contributed by atoms with Crippen molar-refractivity contribution < 1.29 is 4.79 Å². The van der Waals surface area contributed by atoms with Crippen molar-refractivity contribution in [3.8, 4) is 0 Å². The molecule has 1 aliphatic carbocycles. The molecule has 2 aromatic rings. The molecule has 1 saturated carbocycles. The SMILES string of the molecule is CN(Cc1ccccc1)C(=O)c1cc(NC2CC2)ccn1. The van der Waals surface area contributed by atoms with Crippen molar-refractivity contribution in [3.63, 3.8) is 0 Å². The van der Waals surface area contributed by atoms with Gasteiger partial charge in [-0.05, 0) is 30.5 Å². The molecule has 108 valence electrons. The molecule has 1 amide bonds. The highest BCUT2D eigenvalue weighted by atomic mass is 16.2. The molecular formula is C17H19N3O. The van der Waals surface area contributed by atoms with Gasteiger partial charge in [-0.15, -0.1) is 0 Å². The van der Waals surface area contributed by atoms with Crippen molar-refractivity contribution in [1.82, 2.24) is 9.88 Å². The fourth-order valence-corrected chi connectivity index (χ4v) is 2.23. The first-order chi connectivity index (χ1) is 10.2. The number of amides is 1. The predicted octanol–water partition coefficient (Wildman–Crippen LogP) is 2.93. The summed E-state index contributed by atoms with van der Waals surface area (Å²) in [5.74, 6) is -0.0571. The van der Waals surface area contributed by atoms with Crippen molar-refractivity contribution in [2.24, 2.45) is 0 Å². The highest BCUT2D eigenvalue weighted by Gasteiger charge is 2.21. The summed E-state index contributed by atoms with van der Waals surface area (Å²) >= 11 is 0. The first-order valence-electron chi connectivity index (χ1n) is 7.24. The second kappa shape index (κ2) is 5.95. The standard InChI is InChI=1S/C17H19N3O/c1-20(12-13-5-3-2-4-6-13)17(21)16-11-15(9-10-18-16)19-14-7-8-14/h2-6,9-11,14H,7-8,12H2,1H3,(H,18,19). The molecular weight excluding hydrogens is 262 g/mol. The molecule has 0 saturated heterocycles.